The van der Waals surface area contributed by atoms with Gasteiger partial charge in [0.2, 0.25) is 0 Å². The standard InChI is InChI=1S/C7H9NO.C6H12/c1-9-7-5-3-2-4-6(7)8;1-2-4-6-5-3-1/h2-5H,8H2,1H3;1-6H2. The van der Waals surface area contributed by atoms with Crippen LogP contribution in [0.1, 0.15) is 38.5 Å². The highest BCUT2D eigenvalue weighted by Gasteiger charge is 1.95. The minimum Gasteiger partial charge on any atom is -0.495 e. The Morgan fingerprint density at radius 3 is 1.73 bits per heavy atom. The normalized spacial score (nSPS) is 15.0. The first-order valence-corrected chi connectivity index (χ1v) is 5.73. The molecule has 0 aromatic heterocycles. The highest BCUT2D eigenvalue weighted by atomic mass is 16.5. The van der Waals surface area contributed by atoms with Crippen molar-refractivity contribution in [2.24, 2.45) is 0 Å². The number of nitrogens with two attached hydrogens (primary N) is 1. The number of anilines is 1. The quantitative estimate of drug-likeness (QED) is 0.714. The van der Waals surface area contributed by atoms with Crippen LogP contribution < -0.4 is 10.5 Å². The number of nitrogen functional groups attached to an aromatic ring is 1. The maximum absolute atomic E-state index is 5.51. The average molecular weight is 207 g/mol. The summed E-state index contributed by atoms with van der Waals surface area (Å²) in [5.74, 6) is 0.734. The second-order valence-corrected chi connectivity index (χ2v) is 3.86. The van der Waals surface area contributed by atoms with Gasteiger partial charge in [-0.2, -0.15) is 0 Å². The van der Waals surface area contributed by atoms with Gasteiger partial charge in [0, 0.05) is 0 Å². The Morgan fingerprint density at radius 1 is 0.933 bits per heavy atom. The van der Waals surface area contributed by atoms with E-state index in [-0.39, 0.29) is 0 Å². The molecule has 0 spiro atoms. The van der Waals surface area contributed by atoms with Crippen LogP contribution in [0.25, 0.3) is 0 Å². The van der Waals surface area contributed by atoms with Crippen LogP contribution in [0.2, 0.25) is 0 Å². The molecule has 2 nitrogen and oxygen atoms in total. The summed E-state index contributed by atoms with van der Waals surface area (Å²) < 4.78 is 4.92. The molecular formula is C13H21NO. The Morgan fingerprint density at radius 2 is 1.40 bits per heavy atom. The van der Waals surface area contributed by atoms with Crippen LogP contribution in [-0.2, 0) is 0 Å². The van der Waals surface area contributed by atoms with Gasteiger partial charge in [-0.05, 0) is 12.1 Å². The number of benzene rings is 1. The zero-order valence-electron chi connectivity index (χ0n) is 9.54. The number of rotatable bonds is 1. The highest BCUT2D eigenvalue weighted by Crippen LogP contribution is 2.18. The molecule has 1 fully saturated rings. The Labute approximate surface area is 92.4 Å². The molecule has 2 N–H and O–H groups in total. The zero-order valence-corrected chi connectivity index (χ0v) is 9.54. The van der Waals surface area contributed by atoms with Gasteiger partial charge in [0.1, 0.15) is 5.75 Å². The fourth-order valence-corrected chi connectivity index (χ4v) is 1.73. The molecule has 0 radical (unpaired) electrons. The lowest BCUT2D eigenvalue weighted by Gasteiger charge is -2.05. The second-order valence-electron chi connectivity index (χ2n) is 3.86. The summed E-state index contributed by atoms with van der Waals surface area (Å²) in [5.41, 5.74) is 6.19. The Bertz CT molecular complexity index is 257. The van der Waals surface area contributed by atoms with E-state index < -0.39 is 0 Å². The molecule has 2 heteroatoms. The van der Waals surface area contributed by atoms with Gasteiger partial charge in [-0.1, -0.05) is 50.7 Å². The third-order valence-corrected chi connectivity index (χ3v) is 2.64. The molecule has 2 rings (SSSR count). The van der Waals surface area contributed by atoms with Gasteiger partial charge in [0.05, 0.1) is 12.8 Å². The first kappa shape index (κ1) is 11.9. The summed E-state index contributed by atoms with van der Waals surface area (Å²) in [6.45, 7) is 0. The molecule has 0 atom stereocenters. The summed E-state index contributed by atoms with van der Waals surface area (Å²) in [6.07, 6.45) is 9.00. The van der Waals surface area contributed by atoms with Crippen molar-refractivity contribution in [3.05, 3.63) is 24.3 Å². The molecule has 1 aromatic rings. The summed E-state index contributed by atoms with van der Waals surface area (Å²) in [6, 6.07) is 7.39. The molecule has 1 aromatic carbocycles. The Balaban J connectivity index is 0.000000162. The van der Waals surface area contributed by atoms with Crippen molar-refractivity contribution in [3.8, 4) is 5.75 Å². The molecule has 1 saturated carbocycles. The number of ether oxygens (including phenoxy) is 1. The molecule has 0 saturated heterocycles. The van der Waals surface area contributed by atoms with Crippen LogP contribution in [-0.4, -0.2) is 7.11 Å². The average Bonchev–Trinajstić information content (AvgIpc) is 2.33. The van der Waals surface area contributed by atoms with E-state index >= 15 is 0 Å². The predicted molar refractivity (Wildman–Crippen MR) is 65.1 cm³/mol. The molecule has 0 bridgehead atoms. The number of methoxy groups -OCH3 is 1. The largest absolute Gasteiger partial charge is 0.495 e. The van der Waals surface area contributed by atoms with E-state index in [9.17, 15) is 0 Å². The number of para-hydroxylation sites is 2. The van der Waals surface area contributed by atoms with E-state index in [1.54, 1.807) is 13.2 Å². The Kier molecular flexibility index (Phi) is 5.67. The van der Waals surface area contributed by atoms with Crippen molar-refractivity contribution in [2.75, 3.05) is 12.8 Å². The lowest BCUT2D eigenvalue weighted by atomic mass is 10.0. The van der Waals surface area contributed by atoms with Crippen molar-refractivity contribution in [2.45, 2.75) is 38.5 Å². The highest BCUT2D eigenvalue weighted by molar-refractivity contribution is 5.51. The van der Waals surface area contributed by atoms with E-state index in [1.807, 2.05) is 18.2 Å². The maximum Gasteiger partial charge on any atom is 0.141 e. The van der Waals surface area contributed by atoms with Gasteiger partial charge in [-0.3, -0.25) is 0 Å². The van der Waals surface area contributed by atoms with E-state index in [4.69, 9.17) is 10.5 Å². The first-order valence-electron chi connectivity index (χ1n) is 5.73. The van der Waals surface area contributed by atoms with Gasteiger partial charge in [0.25, 0.3) is 0 Å². The molecule has 0 unspecified atom stereocenters. The maximum atomic E-state index is 5.51. The molecule has 0 amide bonds. The summed E-state index contributed by atoms with van der Waals surface area (Å²) in [4.78, 5) is 0. The SMILES string of the molecule is C1CCCCC1.COc1ccccc1N. The van der Waals surface area contributed by atoms with Crippen LogP contribution in [0.15, 0.2) is 24.3 Å². The van der Waals surface area contributed by atoms with Gasteiger partial charge in [-0.25, -0.2) is 0 Å². The third kappa shape index (κ3) is 4.73. The van der Waals surface area contributed by atoms with Crippen LogP contribution in [0.3, 0.4) is 0 Å². The minimum absolute atomic E-state index is 0.681. The van der Waals surface area contributed by atoms with E-state index in [0.717, 1.165) is 5.75 Å². The third-order valence-electron chi connectivity index (χ3n) is 2.64. The van der Waals surface area contributed by atoms with Crippen LogP contribution >= 0.6 is 0 Å². The van der Waals surface area contributed by atoms with Crippen LogP contribution in [0.4, 0.5) is 5.69 Å². The summed E-state index contributed by atoms with van der Waals surface area (Å²) in [7, 11) is 1.60. The molecular weight excluding hydrogens is 186 g/mol. The number of hydrogen-bond acceptors (Lipinski definition) is 2. The van der Waals surface area contributed by atoms with Gasteiger partial charge >= 0.3 is 0 Å². The van der Waals surface area contributed by atoms with Gasteiger partial charge in [0.15, 0.2) is 0 Å². The zero-order chi connectivity index (χ0) is 10.9. The van der Waals surface area contributed by atoms with Gasteiger partial charge < -0.3 is 10.5 Å². The molecule has 84 valence electrons. The minimum atomic E-state index is 0.681. The molecule has 1 aliphatic carbocycles. The number of hydrogen-bond donors (Lipinski definition) is 1. The molecule has 0 heterocycles. The van der Waals surface area contributed by atoms with Crippen molar-refractivity contribution in [3.63, 3.8) is 0 Å². The second kappa shape index (κ2) is 7.16. The fourth-order valence-electron chi connectivity index (χ4n) is 1.73. The van der Waals surface area contributed by atoms with Crippen molar-refractivity contribution < 1.29 is 4.74 Å². The topological polar surface area (TPSA) is 35.2 Å². The lowest BCUT2D eigenvalue weighted by molar-refractivity contribution is 0.417. The fraction of sp³-hybridized carbons (Fsp3) is 0.538. The smallest absolute Gasteiger partial charge is 0.141 e. The van der Waals surface area contributed by atoms with E-state index in [0.29, 0.717) is 5.69 Å². The van der Waals surface area contributed by atoms with Crippen molar-refractivity contribution in [1.29, 1.82) is 0 Å². The predicted octanol–water partition coefficient (Wildman–Crippen LogP) is 3.62. The van der Waals surface area contributed by atoms with Crippen LogP contribution in [0.5, 0.6) is 5.75 Å². The molecule has 1 aliphatic rings. The van der Waals surface area contributed by atoms with Gasteiger partial charge in [-0.15, -0.1) is 0 Å². The van der Waals surface area contributed by atoms with Crippen molar-refractivity contribution >= 4 is 5.69 Å². The summed E-state index contributed by atoms with van der Waals surface area (Å²) in [5, 5.41) is 0. The Hall–Kier alpha value is -1.18. The van der Waals surface area contributed by atoms with Crippen LogP contribution in [0, 0.1) is 0 Å². The lowest BCUT2D eigenvalue weighted by Crippen LogP contribution is -1.89. The summed E-state index contributed by atoms with van der Waals surface area (Å²) >= 11 is 0. The monoisotopic (exact) mass is 207 g/mol. The van der Waals surface area contributed by atoms with E-state index in [2.05, 4.69) is 0 Å². The first-order chi connectivity index (χ1) is 7.34. The molecule has 0 aliphatic heterocycles. The van der Waals surface area contributed by atoms with E-state index in [1.165, 1.54) is 38.5 Å². The molecule has 15 heavy (non-hydrogen) atoms. The van der Waals surface area contributed by atoms with Crippen molar-refractivity contribution in [1.82, 2.24) is 0 Å².